The topological polar surface area (TPSA) is 29.9 Å². The van der Waals surface area contributed by atoms with Crippen LogP contribution in [0.15, 0.2) is 30.5 Å². The van der Waals surface area contributed by atoms with E-state index >= 15 is 0 Å². The van der Waals surface area contributed by atoms with E-state index in [1.165, 1.54) is 33.3 Å². The molecule has 0 unspecified atom stereocenters. The van der Waals surface area contributed by atoms with Gasteiger partial charge < -0.3 is 9.88 Å². The number of aromatic nitrogens is 2. The highest BCUT2D eigenvalue weighted by molar-refractivity contribution is 5.93. The second kappa shape index (κ2) is 6.91. The van der Waals surface area contributed by atoms with Crippen LogP contribution < -0.4 is 5.32 Å². The van der Waals surface area contributed by atoms with E-state index in [0.717, 1.165) is 24.4 Å². The Morgan fingerprint density at radius 2 is 1.64 bits per heavy atom. The molecule has 1 N–H and O–H groups in total. The van der Waals surface area contributed by atoms with Gasteiger partial charge in [-0.25, -0.2) is 4.98 Å². The Balaban J connectivity index is 2.12. The van der Waals surface area contributed by atoms with Crippen molar-refractivity contribution >= 4 is 22.4 Å². The van der Waals surface area contributed by atoms with E-state index in [1.54, 1.807) is 0 Å². The van der Waals surface area contributed by atoms with Crippen LogP contribution in [0, 0.1) is 27.7 Å². The fourth-order valence-corrected chi connectivity index (χ4v) is 3.87. The Kier molecular flexibility index (Phi) is 4.85. The van der Waals surface area contributed by atoms with E-state index in [0.29, 0.717) is 6.04 Å². The molecular weight excluding hydrogens is 306 g/mol. The Morgan fingerprint density at radius 1 is 1.00 bits per heavy atom. The zero-order valence-electron chi connectivity index (χ0n) is 16.3. The molecule has 0 bridgehead atoms. The number of nitrogens with one attached hydrogen (secondary N) is 1. The maximum absolute atomic E-state index is 4.80. The first-order valence-electron chi connectivity index (χ1n) is 9.27. The number of nitrogens with zero attached hydrogens (tertiary/aromatic N) is 2. The maximum Gasteiger partial charge on any atom is 0.140 e. The molecule has 2 aromatic heterocycles. The fourth-order valence-electron chi connectivity index (χ4n) is 3.87. The monoisotopic (exact) mass is 335 g/mol. The summed E-state index contributed by atoms with van der Waals surface area (Å²) in [6.45, 7) is 13.0. The number of hydrogen-bond acceptors (Lipinski definition) is 2. The van der Waals surface area contributed by atoms with Crippen LogP contribution in [0.3, 0.4) is 0 Å². The normalized spacial score (nSPS) is 11.5. The van der Waals surface area contributed by atoms with Gasteiger partial charge in [0, 0.05) is 29.0 Å². The van der Waals surface area contributed by atoms with E-state index in [1.807, 2.05) is 0 Å². The number of hydrogen-bond donors (Lipinski definition) is 1. The summed E-state index contributed by atoms with van der Waals surface area (Å²) < 4.78 is 2.41. The number of fused-ring (bicyclic) bond motifs is 1. The molecule has 0 saturated carbocycles. The SMILES string of the molecule is CCC(CC)n1ccc2c(Nc3c(C)cc(C)cc3C)nc(C)cc21. The zero-order chi connectivity index (χ0) is 18.1. The molecule has 25 heavy (non-hydrogen) atoms. The lowest BCUT2D eigenvalue weighted by molar-refractivity contribution is 0.486. The van der Waals surface area contributed by atoms with Crippen LogP contribution in [0.1, 0.15) is 55.1 Å². The Hall–Kier alpha value is -2.29. The lowest BCUT2D eigenvalue weighted by atomic mass is 10.0. The molecular formula is C22H29N3. The summed E-state index contributed by atoms with van der Waals surface area (Å²) in [5.74, 6) is 0.953. The first-order chi connectivity index (χ1) is 11.9. The third kappa shape index (κ3) is 3.28. The van der Waals surface area contributed by atoms with Crippen molar-refractivity contribution in [2.24, 2.45) is 0 Å². The van der Waals surface area contributed by atoms with E-state index in [-0.39, 0.29) is 0 Å². The average Bonchev–Trinajstić information content (AvgIpc) is 2.96. The minimum Gasteiger partial charge on any atom is -0.344 e. The standard InChI is InChI=1S/C22H29N3/c1-7-18(8-2)25-10-9-19-20(25)13-17(6)23-22(19)24-21-15(4)11-14(3)12-16(21)5/h9-13,18H,7-8H2,1-6H3,(H,23,24). The average molecular weight is 335 g/mol. The largest absolute Gasteiger partial charge is 0.344 e. The van der Waals surface area contributed by atoms with Gasteiger partial charge in [-0.15, -0.1) is 0 Å². The predicted octanol–water partition coefficient (Wildman–Crippen LogP) is 6.37. The van der Waals surface area contributed by atoms with Gasteiger partial charge in [0.05, 0.1) is 5.52 Å². The Bertz CT molecular complexity index is 878. The molecule has 2 heterocycles. The molecule has 0 saturated heterocycles. The minimum atomic E-state index is 0.537. The summed E-state index contributed by atoms with van der Waals surface area (Å²) in [5, 5.41) is 4.81. The van der Waals surface area contributed by atoms with E-state index < -0.39 is 0 Å². The highest BCUT2D eigenvalue weighted by atomic mass is 15.0. The molecule has 3 heteroatoms. The quantitative estimate of drug-likeness (QED) is 0.586. The van der Waals surface area contributed by atoms with Crippen molar-refractivity contribution in [3.05, 3.63) is 52.8 Å². The van der Waals surface area contributed by atoms with Gasteiger partial charge in [-0.1, -0.05) is 31.5 Å². The smallest absolute Gasteiger partial charge is 0.140 e. The van der Waals surface area contributed by atoms with Crippen molar-refractivity contribution < 1.29 is 0 Å². The summed E-state index contributed by atoms with van der Waals surface area (Å²) in [4.78, 5) is 4.80. The third-order valence-electron chi connectivity index (χ3n) is 5.10. The van der Waals surface area contributed by atoms with Crippen molar-refractivity contribution in [2.75, 3.05) is 5.32 Å². The molecule has 0 atom stereocenters. The zero-order valence-corrected chi connectivity index (χ0v) is 16.3. The number of pyridine rings is 1. The molecule has 3 nitrogen and oxygen atoms in total. The van der Waals surface area contributed by atoms with Crippen molar-refractivity contribution in [3.8, 4) is 0 Å². The Labute approximate surface area is 151 Å². The van der Waals surface area contributed by atoms with Crippen LogP contribution in [-0.2, 0) is 0 Å². The van der Waals surface area contributed by atoms with Crippen LogP contribution in [0.2, 0.25) is 0 Å². The highest BCUT2D eigenvalue weighted by Crippen LogP contribution is 2.32. The molecule has 3 rings (SSSR count). The summed E-state index contributed by atoms with van der Waals surface area (Å²) in [6, 6.07) is 9.37. The molecule has 3 aromatic rings. The molecule has 0 aliphatic heterocycles. The fraction of sp³-hybridized carbons (Fsp3) is 0.409. The van der Waals surface area contributed by atoms with Crippen LogP contribution in [0.5, 0.6) is 0 Å². The molecule has 0 amide bonds. The second-order valence-electron chi connectivity index (χ2n) is 7.14. The second-order valence-corrected chi connectivity index (χ2v) is 7.14. The maximum atomic E-state index is 4.80. The molecule has 132 valence electrons. The summed E-state index contributed by atoms with van der Waals surface area (Å²) in [5.41, 5.74) is 7.29. The number of aryl methyl sites for hydroxylation is 4. The summed E-state index contributed by atoms with van der Waals surface area (Å²) >= 11 is 0. The lowest BCUT2D eigenvalue weighted by Gasteiger charge is -2.18. The van der Waals surface area contributed by atoms with Crippen molar-refractivity contribution in [3.63, 3.8) is 0 Å². The highest BCUT2D eigenvalue weighted by Gasteiger charge is 2.14. The van der Waals surface area contributed by atoms with Gasteiger partial charge in [0.25, 0.3) is 0 Å². The number of anilines is 2. The van der Waals surface area contributed by atoms with E-state index in [2.05, 4.69) is 81.9 Å². The molecule has 0 spiro atoms. The van der Waals surface area contributed by atoms with Crippen molar-refractivity contribution in [1.29, 1.82) is 0 Å². The van der Waals surface area contributed by atoms with Crippen molar-refractivity contribution in [1.82, 2.24) is 9.55 Å². The van der Waals surface area contributed by atoms with Gasteiger partial charge in [-0.05, 0) is 63.8 Å². The van der Waals surface area contributed by atoms with Gasteiger partial charge in [0.15, 0.2) is 0 Å². The number of benzene rings is 1. The van der Waals surface area contributed by atoms with Crippen molar-refractivity contribution in [2.45, 2.75) is 60.4 Å². The van der Waals surface area contributed by atoms with Gasteiger partial charge >= 0.3 is 0 Å². The minimum absolute atomic E-state index is 0.537. The van der Waals surface area contributed by atoms with E-state index in [4.69, 9.17) is 4.98 Å². The third-order valence-corrected chi connectivity index (χ3v) is 5.10. The van der Waals surface area contributed by atoms with Crippen LogP contribution >= 0.6 is 0 Å². The number of rotatable bonds is 5. The molecule has 0 aliphatic rings. The van der Waals surface area contributed by atoms with Gasteiger partial charge in [0.1, 0.15) is 5.82 Å². The predicted molar refractivity (Wildman–Crippen MR) is 108 cm³/mol. The van der Waals surface area contributed by atoms with Gasteiger partial charge in [-0.3, -0.25) is 0 Å². The van der Waals surface area contributed by atoms with Crippen LogP contribution in [0.25, 0.3) is 10.9 Å². The molecule has 0 radical (unpaired) electrons. The lowest BCUT2D eigenvalue weighted by Crippen LogP contribution is -2.06. The first-order valence-corrected chi connectivity index (χ1v) is 9.27. The first kappa shape index (κ1) is 17.5. The molecule has 0 aliphatic carbocycles. The summed E-state index contributed by atoms with van der Waals surface area (Å²) in [7, 11) is 0. The van der Waals surface area contributed by atoms with E-state index in [9.17, 15) is 0 Å². The molecule has 1 aromatic carbocycles. The molecule has 0 fully saturated rings. The van der Waals surface area contributed by atoms with Gasteiger partial charge in [0.2, 0.25) is 0 Å². The Morgan fingerprint density at radius 3 is 2.24 bits per heavy atom. The van der Waals surface area contributed by atoms with Crippen LogP contribution in [-0.4, -0.2) is 9.55 Å². The van der Waals surface area contributed by atoms with Gasteiger partial charge in [-0.2, -0.15) is 0 Å². The summed E-state index contributed by atoms with van der Waals surface area (Å²) in [6.07, 6.45) is 4.49. The van der Waals surface area contributed by atoms with Crippen LogP contribution in [0.4, 0.5) is 11.5 Å².